The van der Waals surface area contributed by atoms with Gasteiger partial charge in [0.15, 0.2) is 11.6 Å². The summed E-state index contributed by atoms with van der Waals surface area (Å²) in [6.45, 7) is 9.19. The number of unbranched alkanes of at least 4 members (excludes halogenated alkanes) is 3. The number of nitrogens with two attached hydrogens (primary N) is 1. The van der Waals surface area contributed by atoms with Gasteiger partial charge in [-0.15, -0.1) is 0 Å². The number of amides is 4. The highest BCUT2D eigenvalue weighted by Gasteiger charge is 2.43. The number of benzene rings is 1. The summed E-state index contributed by atoms with van der Waals surface area (Å²) in [7, 11) is 1.72. The number of carbonyl (C=O) groups is 6. The molecule has 7 N–H and O–H groups in total. The SMILES string of the molecule is CCCC(=O)/C=C\C(C)=O.CCCCCCNC(=O)C1(C=O)CCC1.CCCNC(N)=O.CNCC(=O)Nc1ccc(CO)cc1. The van der Waals surface area contributed by atoms with Crippen LogP contribution in [0.5, 0.6) is 0 Å². The van der Waals surface area contributed by atoms with E-state index in [0.29, 0.717) is 26.1 Å². The van der Waals surface area contributed by atoms with Crippen molar-refractivity contribution in [1.29, 1.82) is 0 Å². The number of aliphatic hydroxyl groups is 1. The minimum Gasteiger partial charge on any atom is -0.392 e. The van der Waals surface area contributed by atoms with Gasteiger partial charge in [-0.1, -0.05) is 58.6 Å². The summed E-state index contributed by atoms with van der Waals surface area (Å²) >= 11 is 0. The fourth-order valence-electron chi connectivity index (χ4n) is 3.73. The van der Waals surface area contributed by atoms with Crippen molar-refractivity contribution in [2.75, 3.05) is 32.0 Å². The van der Waals surface area contributed by atoms with Crippen molar-refractivity contribution >= 4 is 41.4 Å². The van der Waals surface area contributed by atoms with Crippen molar-refractivity contribution < 1.29 is 33.9 Å². The normalized spacial score (nSPS) is 12.3. The highest BCUT2D eigenvalue weighted by Crippen LogP contribution is 2.38. The van der Waals surface area contributed by atoms with E-state index in [1.807, 2.05) is 13.8 Å². The molecule has 1 aliphatic rings. The molecule has 1 aromatic rings. The molecule has 1 aliphatic carbocycles. The molecule has 0 spiro atoms. The predicted octanol–water partition coefficient (Wildman–Crippen LogP) is 3.95. The second-order valence-electron chi connectivity index (χ2n) is 10.8. The van der Waals surface area contributed by atoms with E-state index in [4.69, 9.17) is 10.8 Å². The zero-order valence-corrected chi connectivity index (χ0v) is 28.4. The minimum atomic E-state index is -0.662. The van der Waals surface area contributed by atoms with Gasteiger partial charge in [0.25, 0.3) is 0 Å². The molecular formula is C34H57N5O7. The highest BCUT2D eigenvalue weighted by atomic mass is 16.3. The second-order valence-corrected chi connectivity index (χ2v) is 10.8. The van der Waals surface area contributed by atoms with Gasteiger partial charge in [0.1, 0.15) is 11.7 Å². The Kier molecular flexibility index (Phi) is 27.5. The lowest BCUT2D eigenvalue weighted by Crippen LogP contribution is -2.47. The molecule has 1 saturated carbocycles. The monoisotopic (exact) mass is 647 g/mol. The summed E-state index contributed by atoms with van der Waals surface area (Å²) < 4.78 is 0. The quantitative estimate of drug-likeness (QED) is 0.0632. The Hall–Kier alpha value is -3.90. The number of ketones is 2. The summed E-state index contributed by atoms with van der Waals surface area (Å²) in [4.78, 5) is 64.5. The van der Waals surface area contributed by atoms with Gasteiger partial charge >= 0.3 is 6.03 Å². The van der Waals surface area contributed by atoms with E-state index in [0.717, 1.165) is 62.5 Å². The van der Waals surface area contributed by atoms with Gasteiger partial charge in [0.2, 0.25) is 11.8 Å². The molecule has 12 heteroatoms. The highest BCUT2D eigenvalue weighted by molar-refractivity contribution is 5.98. The summed E-state index contributed by atoms with van der Waals surface area (Å²) in [5, 5.41) is 19.6. The number of hydrogen-bond acceptors (Lipinski definition) is 8. The molecule has 12 nitrogen and oxygen atoms in total. The van der Waals surface area contributed by atoms with Gasteiger partial charge in [-0.3, -0.25) is 19.2 Å². The molecule has 0 saturated heterocycles. The maximum atomic E-state index is 11.7. The zero-order valence-electron chi connectivity index (χ0n) is 28.4. The van der Waals surface area contributed by atoms with Gasteiger partial charge in [-0.05, 0) is 75.9 Å². The lowest BCUT2D eigenvalue weighted by Gasteiger charge is -2.34. The molecule has 1 aromatic carbocycles. The average Bonchev–Trinajstić information content (AvgIpc) is 3.00. The van der Waals surface area contributed by atoms with Gasteiger partial charge in [-0.25, -0.2) is 4.79 Å². The van der Waals surface area contributed by atoms with Crippen LogP contribution in [0.4, 0.5) is 10.5 Å². The first-order valence-corrected chi connectivity index (χ1v) is 16.1. The lowest BCUT2D eigenvalue weighted by molar-refractivity contribution is -0.141. The number of urea groups is 1. The molecule has 2 rings (SSSR count). The largest absolute Gasteiger partial charge is 0.392 e. The molecule has 0 bridgehead atoms. The maximum absolute atomic E-state index is 11.7. The van der Waals surface area contributed by atoms with Crippen LogP contribution in [-0.2, 0) is 30.6 Å². The average molecular weight is 648 g/mol. The van der Waals surface area contributed by atoms with Gasteiger partial charge in [0, 0.05) is 25.2 Å². The number of likely N-dealkylation sites (N-methyl/N-ethyl adjacent to an activating group) is 1. The standard InChI is InChI=1S/C12H21NO2.C10H14N2O2.C8H12O2.C4H10N2O/c1-2-3-4-5-9-13-11(15)12(10-14)7-6-8-12;1-11-6-10(14)12-9-4-2-8(7-13)3-5-9;1-3-4-8(10)6-5-7(2)9;1-2-3-6-4(5)7/h10H,2-9H2,1H3,(H,13,15);2-5,11,13H,6-7H2,1H3,(H,12,14);5-6H,3-4H2,1-2H3;2-3H2,1H3,(H3,5,6,7)/b;;6-5-;. The van der Waals surface area contributed by atoms with Gasteiger partial charge in [0.05, 0.1) is 13.2 Å². The zero-order chi connectivity index (χ0) is 35.2. The Labute approximate surface area is 274 Å². The fraction of sp³-hybridized carbons (Fsp3) is 0.588. The topological polar surface area (TPSA) is 197 Å². The molecule has 260 valence electrons. The van der Waals surface area contributed by atoms with E-state index >= 15 is 0 Å². The molecule has 0 heterocycles. The first-order valence-electron chi connectivity index (χ1n) is 16.1. The van der Waals surface area contributed by atoms with Crippen LogP contribution in [0.25, 0.3) is 0 Å². The van der Waals surface area contributed by atoms with Crippen molar-refractivity contribution in [3.63, 3.8) is 0 Å². The molecule has 0 atom stereocenters. The molecule has 4 amide bonds. The van der Waals surface area contributed by atoms with Crippen molar-refractivity contribution in [3.05, 3.63) is 42.0 Å². The summed E-state index contributed by atoms with van der Waals surface area (Å²) in [5.74, 6) is -0.188. The number of primary amides is 1. The predicted molar refractivity (Wildman–Crippen MR) is 182 cm³/mol. The molecule has 1 fully saturated rings. The number of allylic oxidation sites excluding steroid dienone is 2. The molecule has 0 radical (unpaired) electrons. The number of aldehydes is 1. The van der Waals surface area contributed by atoms with Crippen LogP contribution in [-0.4, -0.2) is 67.5 Å². The van der Waals surface area contributed by atoms with E-state index in [9.17, 15) is 28.8 Å². The first kappa shape index (κ1) is 44.2. The Balaban J connectivity index is 0. The maximum Gasteiger partial charge on any atom is 0.312 e. The van der Waals surface area contributed by atoms with Crippen molar-refractivity contribution in [1.82, 2.24) is 16.0 Å². The number of hydrogen-bond donors (Lipinski definition) is 6. The number of nitrogens with one attached hydrogen (secondary N) is 4. The van der Waals surface area contributed by atoms with Crippen LogP contribution < -0.4 is 27.0 Å². The Morgan fingerprint density at radius 2 is 1.54 bits per heavy atom. The second kappa shape index (κ2) is 28.6. The number of anilines is 1. The molecular weight excluding hydrogens is 590 g/mol. The van der Waals surface area contributed by atoms with E-state index in [1.54, 1.807) is 31.3 Å². The van der Waals surface area contributed by atoms with E-state index in [1.165, 1.54) is 31.9 Å². The van der Waals surface area contributed by atoms with E-state index in [2.05, 4.69) is 28.2 Å². The first-order chi connectivity index (χ1) is 21.9. The van der Waals surface area contributed by atoms with Crippen LogP contribution in [0.3, 0.4) is 0 Å². The summed E-state index contributed by atoms with van der Waals surface area (Å²) in [6.07, 6.45) is 12.8. The van der Waals surface area contributed by atoms with E-state index in [-0.39, 0.29) is 30.0 Å². The van der Waals surface area contributed by atoms with Crippen LogP contribution >= 0.6 is 0 Å². The van der Waals surface area contributed by atoms with Gasteiger partial charge in [-0.2, -0.15) is 0 Å². The Morgan fingerprint density at radius 3 is 1.96 bits per heavy atom. The third-order valence-electron chi connectivity index (χ3n) is 6.55. The van der Waals surface area contributed by atoms with Crippen LogP contribution in [0.15, 0.2) is 36.4 Å². The number of aliphatic hydroxyl groups excluding tert-OH is 1. The summed E-state index contributed by atoms with van der Waals surface area (Å²) in [6, 6.07) is 6.63. The molecule has 0 aliphatic heterocycles. The smallest absolute Gasteiger partial charge is 0.312 e. The van der Waals surface area contributed by atoms with Crippen molar-refractivity contribution in [3.8, 4) is 0 Å². The summed E-state index contributed by atoms with van der Waals surface area (Å²) in [5.41, 5.74) is 5.64. The molecule has 46 heavy (non-hydrogen) atoms. The lowest BCUT2D eigenvalue weighted by atomic mass is 9.69. The van der Waals surface area contributed by atoms with Crippen LogP contribution in [0.1, 0.15) is 97.5 Å². The molecule has 0 aromatic heterocycles. The van der Waals surface area contributed by atoms with Gasteiger partial charge < -0.3 is 36.9 Å². The van der Waals surface area contributed by atoms with Crippen LogP contribution in [0, 0.1) is 5.41 Å². The third-order valence-corrected chi connectivity index (χ3v) is 6.55. The third kappa shape index (κ3) is 23.5. The Bertz CT molecular complexity index is 1050. The number of rotatable bonds is 17. The van der Waals surface area contributed by atoms with Crippen molar-refractivity contribution in [2.45, 2.75) is 98.5 Å². The fourth-order valence-corrected chi connectivity index (χ4v) is 3.73. The minimum absolute atomic E-state index is 0.0186. The van der Waals surface area contributed by atoms with Crippen molar-refractivity contribution in [2.24, 2.45) is 11.1 Å². The Morgan fingerprint density at radius 1 is 0.891 bits per heavy atom. The van der Waals surface area contributed by atoms with Crippen LogP contribution in [0.2, 0.25) is 0 Å². The molecule has 0 unspecified atom stereocenters. The number of carbonyl (C=O) groups excluding carboxylic acids is 6. The van der Waals surface area contributed by atoms with E-state index < -0.39 is 11.4 Å².